The number of hydrazine groups is 1. The Morgan fingerprint density at radius 3 is 2.63 bits per heavy atom. The number of ether oxygens (including phenoxy) is 1. The lowest BCUT2D eigenvalue weighted by atomic mass is 9.97. The van der Waals surface area contributed by atoms with E-state index in [9.17, 15) is 42.9 Å². The van der Waals surface area contributed by atoms with Gasteiger partial charge < -0.3 is 29.8 Å². The Labute approximate surface area is 197 Å². The molecule has 0 bridgehead atoms. The number of carboxylic acids is 1. The molecule has 4 unspecified atom stereocenters. The highest BCUT2D eigenvalue weighted by Gasteiger charge is 2.70. The molecular formula is C19H20N4O11S. The fourth-order valence-electron chi connectivity index (χ4n) is 4.15. The van der Waals surface area contributed by atoms with E-state index in [-0.39, 0.29) is 29.9 Å². The SMILES string of the molecule is CC1(COC(=O)NNC(=O)C2CC(c3cccc(O)c3O)=NO2)C(C(=O)O)N2C(=O)CC2S1(=O)=O. The number of carbonyl (C=O) groups excluding carboxylic acids is 3. The van der Waals surface area contributed by atoms with Crippen molar-refractivity contribution in [3.05, 3.63) is 23.8 Å². The van der Waals surface area contributed by atoms with Crippen LogP contribution in [-0.4, -0.2) is 87.1 Å². The van der Waals surface area contributed by atoms with Gasteiger partial charge in [0.25, 0.3) is 5.91 Å². The number of benzene rings is 1. The van der Waals surface area contributed by atoms with Crippen molar-refractivity contribution < 1.29 is 52.5 Å². The van der Waals surface area contributed by atoms with Crippen LogP contribution in [0.15, 0.2) is 23.4 Å². The van der Waals surface area contributed by atoms with Gasteiger partial charge >= 0.3 is 12.1 Å². The van der Waals surface area contributed by atoms with Crippen LogP contribution in [0, 0.1) is 0 Å². The number of carbonyl (C=O) groups is 4. The van der Waals surface area contributed by atoms with E-state index in [2.05, 4.69) is 5.16 Å². The predicted octanol–water partition coefficient (Wildman–Crippen LogP) is -1.45. The molecule has 5 N–H and O–H groups in total. The Morgan fingerprint density at radius 2 is 1.97 bits per heavy atom. The molecule has 3 amide bonds. The number of sulfone groups is 1. The van der Waals surface area contributed by atoms with E-state index < -0.39 is 68.3 Å². The summed E-state index contributed by atoms with van der Waals surface area (Å²) >= 11 is 0. The summed E-state index contributed by atoms with van der Waals surface area (Å²) in [6, 6.07) is 2.42. The number of phenols is 2. The molecule has 1 aromatic carbocycles. The molecule has 3 aliphatic heterocycles. The zero-order valence-corrected chi connectivity index (χ0v) is 18.8. The molecule has 35 heavy (non-hydrogen) atoms. The number of fused-ring (bicyclic) bond motifs is 1. The molecule has 0 aromatic heterocycles. The van der Waals surface area contributed by atoms with Gasteiger partial charge in [0.05, 0.1) is 12.1 Å². The third kappa shape index (κ3) is 3.74. The number of rotatable bonds is 5. The van der Waals surface area contributed by atoms with Crippen LogP contribution in [0.5, 0.6) is 11.5 Å². The maximum absolute atomic E-state index is 12.8. The minimum atomic E-state index is -4.18. The Bertz CT molecular complexity index is 1260. The number of aliphatic carboxylic acids is 1. The van der Waals surface area contributed by atoms with Crippen molar-refractivity contribution in [2.75, 3.05) is 6.61 Å². The molecular weight excluding hydrogens is 492 g/mol. The molecule has 0 spiro atoms. The van der Waals surface area contributed by atoms with Gasteiger partial charge in [-0.25, -0.2) is 23.4 Å². The monoisotopic (exact) mass is 512 g/mol. The van der Waals surface area contributed by atoms with Crippen molar-refractivity contribution in [3.8, 4) is 11.5 Å². The molecule has 3 aliphatic rings. The maximum Gasteiger partial charge on any atom is 0.426 e. The highest BCUT2D eigenvalue weighted by Crippen LogP contribution is 2.46. The number of amides is 3. The highest BCUT2D eigenvalue weighted by atomic mass is 32.2. The Kier molecular flexibility index (Phi) is 5.70. The third-order valence-electron chi connectivity index (χ3n) is 6.11. The van der Waals surface area contributed by atoms with E-state index in [4.69, 9.17) is 9.57 Å². The first-order chi connectivity index (χ1) is 16.4. The molecule has 16 heteroatoms. The smallest absolute Gasteiger partial charge is 0.426 e. The standard InChI is InChI=1S/C19H20N4O11S/c1-19(15(17(28)29)23-12(25)6-13(23)35(19,31)32)7-33-18(30)21-20-16(27)11-5-9(22-34-11)8-3-2-4-10(24)14(8)26/h2-4,11,13,15,24,26H,5-7H2,1H3,(H,20,27)(H,21,30)(H,28,29). The lowest BCUT2D eigenvalue weighted by Crippen LogP contribution is -2.58. The first kappa shape index (κ1) is 24.1. The van der Waals surface area contributed by atoms with E-state index in [1.807, 2.05) is 10.9 Å². The highest BCUT2D eigenvalue weighted by molar-refractivity contribution is 7.94. The minimum absolute atomic E-state index is 0.110. The molecule has 0 saturated carbocycles. The zero-order chi connectivity index (χ0) is 25.7. The van der Waals surface area contributed by atoms with Crippen molar-refractivity contribution in [1.29, 1.82) is 0 Å². The van der Waals surface area contributed by atoms with Gasteiger partial charge in [-0.2, -0.15) is 0 Å². The molecule has 0 aliphatic carbocycles. The third-order valence-corrected chi connectivity index (χ3v) is 8.86. The average Bonchev–Trinajstić information content (AvgIpc) is 3.33. The van der Waals surface area contributed by atoms with Gasteiger partial charge in [-0.05, 0) is 19.1 Å². The number of oxime groups is 1. The van der Waals surface area contributed by atoms with Gasteiger partial charge in [0.1, 0.15) is 16.7 Å². The first-order valence-corrected chi connectivity index (χ1v) is 11.7. The van der Waals surface area contributed by atoms with E-state index in [1.54, 1.807) is 0 Å². The summed E-state index contributed by atoms with van der Waals surface area (Å²) in [5.41, 5.74) is 4.20. The van der Waals surface area contributed by atoms with Crippen LogP contribution in [-0.2, 0) is 33.8 Å². The van der Waals surface area contributed by atoms with E-state index in [0.29, 0.717) is 0 Å². The zero-order valence-electron chi connectivity index (χ0n) is 18.0. The van der Waals surface area contributed by atoms with Crippen LogP contribution in [0.25, 0.3) is 0 Å². The van der Waals surface area contributed by atoms with E-state index in [0.717, 1.165) is 11.8 Å². The number of nitrogens with one attached hydrogen (secondary N) is 2. The number of nitrogens with zero attached hydrogens (tertiary/aromatic N) is 2. The Balaban J connectivity index is 1.32. The molecule has 188 valence electrons. The second kappa shape index (κ2) is 8.30. The van der Waals surface area contributed by atoms with Gasteiger partial charge in [-0.1, -0.05) is 11.2 Å². The normalized spacial score (nSPS) is 28.3. The lowest BCUT2D eigenvalue weighted by molar-refractivity contribution is -0.158. The molecule has 2 fully saturated rings. The number of hydrogen-bond acceptors (Lipinski definition) is 11. The second-order valence-corrected chi connectivity index (χ2v) is 10.8. The van der Waals surface area contributed by atoms with Gasteiger partial charge in [0, 0.05) is 12.0 Å². The van der Waals surface area contributed by atoms with Crippen molar-refractivity contribution in [2.24, 2.45) is 5.16 Å². The summed E-state index contributed by atoms with van der Waals surface area (Å²) in [7, 11) is -4.18. The molecule has 3 heterocycles. The van der Waals surface area contributed by atoms with Crippen LogP contribution in [0.2, 0.25) is 0 Å². The number of aromatic hydroxyl groups is 2. The molecule has 4 rings (SSSR count). The number of hydrogen-bond donors (Lipinski definition) is 5. The molecule has 15 nitrogen and oxygen atoms in total. The molecule has 2 saturated heterocycles. The van der Waals surface area contributed by atoms with Gasteiger partial charge in [0.15, 0.2) is 27.4 Å². The van der Waals surface area contributed by atoms with Gasteiger partial charge in [-0.3, -0.25) is 15.0 Å². The summed E-state index contributed by atoms with van der Waals surface area (Å²) in [4.78, 5) is 53.5. The van der Waals surface area contributed by atoms with Gasteiger partial charge in [-0.15, -0.1) is 0 Å². The summed E-state index contributed by atoms with van der Waals surface area (Å²) in [5, 5.41) is 31.4. The first-order valence-electron chi connectivity index (χ1n) is 10.1. The minimum Gasteiger partial charge on any atom is -0.504 e. The van der Waals surface area contributed by atoms with Crippen molar-refractivity contribution in [3.63, 3.8) is 0 Å². The van der Waals surface area contributed by atoms with Gasteiger partial charge in [0.2, 0.25) is 12.0 Å². The van der Waals surface area contributed by atoms with Crippen LogP contribution >= 0.6 is 0 Å². The van der Waals surface area contributed by atoms with Crippen molar-refractivity contribution >= 4 is 39.4 Å². The molecule has 1 aromatic rings. The van der Waals surface area contributed by atoms with Crippen LogP contribution < -0.4 is 10.9 Å². The van der Waals surface area contributed by atoms with Crippen LogP contribution in [0.3, 0.4) is 0 Å². The quantitative estimate of drug-likeness (QED) is 0.174. The molecule has 4 atom stereocenters. The van der Waals surface area contributed by atoms with E-state index >= 15 is 0 Å². The van der Waals surface area contributed by atoms with Crippen LogP contribution in [0.1, 0.15) is 25.3 Å². The van der Waals surface area contributed by atoms with Crippen LogP contribution in [0.4, 0.5) is 4.79 Å². The summed E-state index contributed by atoms with van der Waals surface area (Å²) in [6.07, 6.45) is -2.95. The topological polar surface area (TPSA) is 221 Å². The van der Waals surface area contributed by atoms with Crippen molar-refractivity contribution in [1.82, 2.24) is 15.8 Å². The number of para-hydroxylation sites is 1. The number of phenolic OH excluding ortho intramolecular Hbond substituents is 2. The van der Waals surface area contributed by atoms with Crippen molar-refractivity contribution in [2.45, 2.75) is 42.0 Å². The molecule has 0 radical (unpaired) electrons. The summed E-state index contributed by atoms with van der Waals surface area (Å²) in [5.74, 6) is -3.89. The largest absolute Gasteiger partial charge is 0.504 e. The Morgan fingerprint density at radius 1 is 1.26 bits per heavy atom. The summed E-state index contributed by atoms with van der Waals surface area (Å²) < 4.78 is 28.3. The predicted molar refractivity (Wildman–Crippen MR) is 112 cm³/mol. The number of β-lactam (4-membered cyclic amide) rings is 1. The Hall–Kier alpha value is -4.08. The number of carboxylic acid groups (broad SMARTS) is 1. The lowest BCUT2D eigenvalue weighted by Gasteiger charge is -2.35. The maximum atomic E-state index is 12.8. The second-order valence-electron chi connectivity index (χ2n) is 8.26. The summed E-state index contributed by atoms with van der Waals surface area (Å²) in [6.45, 7) is 0.179. The fourth-order valence-corrected chi connectivity index (χ4v) is 6.42. The fraction of sp³-hybridized carbons (Fsp3) is 0.421. The average molecular weight is 512 g/mol. The van der Waals surface area contributed by atoms with E-state index in [1.165, 1.54) is 18.2 Å².